The smallest absolute Gasteiger partial charge is 0.331 e. The number of hydrogen-bond acceptors (Lipinski definition) is 9. The minimum atomic E-state index is -1.82. The number of aliphatic hydroxyl groups is 3. The Balaban J connectivity index is 1.63. The molecule has 3 N–H and O–H groups in total. The second-order valence-corrected chi connectivity index (χ2v) is 12.4. The van der Waals surface area contributed by atoms with Crippen LogP contribution in [0, 0.1) is 11.3 Å². The van der Waals surface area contributed by atoms with Gasteiger partial charge in [-0.3, -0.25) is 4.79 Å². The Kier molecular flexibility index (Phi) is 8.10. The molecule has 9 nitrogen and oxygen atoms in total. The first-order valence-corrected chi connectivity index (χ1v) is 14.4. The molecule has 9 heteroatoms. The van der Waals surface area contributed by atoms with Crippen LogP contribution in [0.3, 0.4) is 0 Å². The van der Waals surface area contributed by atoms with Gasteiger partial charge in [0.15, 0.2) is 0 Å². The van der Waals surface area contributed by atoms with Gasteiger partial charge in [-0.25, -0.2) is 4.79 Å². The Hall–Kier alpha value is -3.08. The van der Waals surface area contributed by atoms with Gasteiger partial charge >= 0.3 is 11.9 Å². The second-order valence-electron chi connectivity index (χ2n) is 12.4. The van der Waals surface area contributed by atoms with Crippen molar-refractivity contribution in [3.63, 3.8) is 0 Å². The van der Waals surface area contributed by atoms with E-state index < -0.39 is 71.1 Å². The van der Waals surface area contributed by atoms with Crippen molar-refractivity contribution in [3.8, 4) is 0 Å². The maximum absolute atomic E-state index is 13.3. The van der Waals surface area contributed by atoms with E-state index in [2.05, 4.69) is 0 Å². The summed E-state index contributed by atoms with van der Waals surface area (Å²) in [6.45, 7) is 5.92. The first kappa shape index (κ1) is 30.4. The van der Waals surface area contributed by atoms with E-state index in [0.29, 0.717) is 0 Å². The molecule has 8 atom stereocenters. The van der Waals surface area contributed by atoms with Crippen LogP contribution in [-0.2, 0) is 35.1 Å². The van der Waals surface area contributed by atoms with Gasteiger partial charge in [-0.2, -0.15) is 0 Å². The largest absolute Gasteiger partial charge is 0.465 e. The molecule has 0 amide bonds. The average molecular weight is 581 g/mol. The molecule has 8 unspecified atom stereocenters. The summed E-state index contributed by atoms with van der Waals surface area (Å²) in [6.07, 6.45) is -1.77. The van der Waals surface area contributed by atoms with Gasteiger partial charge in [-0.05, 0) is 50.8 Å². The van der Waals surface area contributed by atoms with Crippen molar-refractivity contribution < 1.29 is 43.9 Å². The lowest BCUT2D eigenvalue weighted by Gasteiger charge is -2.65. The SMILES string of the molecule is CC(=O)OCC12C(OC(=O)C=Cc3ccccc3)CCC(C)(O)C13OC(C)(C)C(C(O)C2OCc1ccccc1)C3O. The molecule has 5 rings (SSSR count). The van der Waals surface area contributed by atoms with E-state index in [1.165, 1.54) is 13.0 Å². The van der Waals surface area contributed by atoms with Crippen LogP contribution < -0.4 is 0 Å². The Morgan fingerprint density at radius 3 is 2.31 bits per heavy atom. The van der Waals surface area contributed by atoms with Crippen LogP contribution in [-0.4, -0.2) is 75.1 Å². The maximum atomic E-state index is 13.3. The van der Waals surface area contributed by atoms with E-state index in [1.807, 2.05) is 60.7 Å². The van der Waals surface area contributed by atoms with Crippen molar-refractivity contribution in [2.24, 2.45) is 11.3 Å². The van der Waals surface area contributed by atoms with Gasteiger partial charge < -0.3 is 34.3 Å². The number of esters is 2. The Morgan fingerprint density at radius 2 is 1.67 bits per heavy atom. The number of aliphatic hydroxyl groups excluding tert-OH is 2. The van der Waals surface area contributed by atoms with Gasteiger partial charge in [-0.15, -0.1) is 0 Å². The fraction of sp³-hybridized carbons (Fsp3) is 0.515. The van der Waals surface area contributed by atoms with Crippen LogP contribution in [0.1, 0.15) is 51.7 Å². The predicted molar refractivity (Wildman–Crippen MR) is 153 cm³/mol. The quantitative estimate of drug-likeness (QED) is 0.318. The molecule has 1 saturated heterocycles. The first-order chi connectivity index (χ1) is 19.9. The van der Waals surface area contributed by atoms with Gasteiger partial charge in [0.25, 0.3) is 0 Å². The third-order valence-electron chi connectivity index (χ3n) is 9.39. The Labute approximate surface area is 246 Å². The number of rotatable bonds is 8. The van der Waals surface area contributed by atoms with Crippen LogP contribution in [0.25, 0.3) is 6.08 Å². The highest BCUT2D eigenvalue weighted by atomic mass is 16.6. The van der Waals surface area contributed by atoms with E-state index in [9.17, 15) is 24.9 Å². The maximum Gasteiger partial charge on any atom is 0.331 e. The zero-order chi connectivity index (χ0) is 30.3. The van der Waals surface area contributed by atoms with Crippen molar-refractivity contribution in [1.82, 2.24) is 0 Å². The zero-order valence-corrected chi connectivity index (χ0v) is 24.4. The van der Waals surface area contributed by atoms with Crippen molar-refractivity contribution in [1.29, 1.82) is 0 Å². The lowest BCUT2D eigenvalue weighted by molar-refractivity contribution is -0.354. The molecule has 1 aliphatic heterocycles. The standard InChI is InChI=1S/C33H40O9/c1-21(34)40-20-32-24(41-25(35)16-15-22-11-7-5-8-12-22)17-18-31(4,38)33(32)28(37)26(30(2,3)42-33)27(36)29(32)39-19-23-13-9-6-10-14-23/h5-16,24,26-29,36-38H,17-20H2,1-4H3. The topological polar surface area (TPSA) is 132 Å². The highest BCUT2D eigenvalue weighted by molar-refractivity contribution is 5.87. The molecule has 42 heavy (non-hydrogen) atoms. The molecule has 0 radical (unpaired) electrons. The molecular weight excluding hydrogens is 540 g/mol. The van der Waals surface area contributed by atoms with Crippen molar-refractivity contribution >= 4 is 18.0 Å². The molecule has 2 saturated carbocycles. The van der Waals surface area contributed by atoms with Gasteiger partial charge in [-0.1, -0.05) is 60.7 Å². The van der Waals surface area contributed by atoms with E-state index in [4.69, 9.17) is 18.9 Å². The summed E-state index contributed by atoms with van der Waals surface area (Å²) in [6, 6.07) is 18.6. The lowest BCUT2D eigenvalue weighted by Crippen LogP contribution is -2.82. The highest BCUT2D eigenvalue weighted by Gasteiger charge is 2.85. The summed E-state index contributed by atoms with van der Waals surface area (Å²) in [5, 5.41) is 36.0. The van der Waals surface area contributed by atoms with Crippen molar-refractivity contribution in [2.45, 2.75) is 88.4 Å². The van der Waals surface area contributed by atoms with Crippen LogP contribution in [0.5, 0.6) is 0 Å². The van der Waals surface area contributed by atoms with Crippen LogP contribution >= 0.6 is 0 Å². The first-order valence-electron chi connectivity index (χ1n) is 14.4. The van der Waals surface area contributed by atoms with Crippen LogP contribution in [0.2, 0.25) is 0 Å². The lowest BCUT2D eigenvalue weighted by atomic mass is 9.46. The van der Waals surface area contributed by atoms with E-state index >= 15 is 0 Å². The number of carbonyl (C=O) groups is 2. The normalized spacial score (nSPS) is 36.8. The molecule has 0 aromatic heterocycles. The summed E-state index contributed by atoms with van der Waals surface area (Å²) >= 11 is 0. The molecule has 2 aliphatic carbocycles. The second kappa shape index (κ2) is 11.2. The Bertz CT molecular complexity index is 1310. The van der Waals surface area contributed by atoms with Gasteiger partial charge in [0.1, 0.15) is 23.7 Å². The third-order valence-corrected chi connectivity index (χ3v) is 9.39. The molecule has 2 bridgehead atoms. The molecule has 1 heterocycles. The van der Waals surface area contributed by atoms with E-state index in [1.54, 1.807) is 26.8 Å². The summed E-state index contributed by atoms with van der Waals surface area (Å²) < 4.78 is 24.9. The number of benzene rings is 2. The summed E-state index contributed by atoms with van der Waals surface area (Å²) in [5.74, 6) is -2.15. The fourth-order valence-electron chi connectivity index (χ4n) is 7.64. The summed E-state index contributed by atoms with van der Waals surface area (Å²) in [5.41, 5.74) is -4.68. The van der Waals surface area contributed by atoms with E-state index in [0.717, 1.165) is 11.1 Å². The molecule has 3 aliphatic rings. The molecule has 226 valence electrons. The molecule has 2 aromatic carbocycles. The molecular formula is C33H40O9. The molecule has 3 fully saturated rings. The highest BCUT2D eigenvalue weighted by Crippen LogP contribution is 2.68. The number of ether oxygens (including phenoxy) is 4. The minimum Gasteiger partial charge on any atom is -0.465 e. The Morgan fingerprint density at radius 1 is 1.02 bits per heavy atom. The number of carbonyl (C=O) groups excluding carboxylic acids is 2. The van der Waals surface area contributed by atoms with Crippen molar-refractivity contribution in [3.05, 3.63) is 77.9 Å². The van der Waals surface area contributed by atoms with Crippen LogP contribution in [0.4, 0.5) is 0 Å². The molecule has 1 spiro atoms. The van der Waals surface area contributed by atoms with Gasteiger partial charge in [0.05, 0.1) is 36.1 Å². The predicted octanol–water partition coefficient (Wildman–Crippen LogP) is 3.19. The van der Waals surface area contributed by atoms with Crippen molar-refractivity contribution in [2.75, 3.05) is 6.61 Å². The number of fused-ring (bicyclic) bond motifs is 1. The number of hydrogen-bond donors (Lipinski definition) is 3. The zero-order valence-electron chi connectivity index (χ0n) is 24.4. The average Bonchev–Trinajstić information content (AvgIpc) is 3.13. The van der Waals surface area contributed by atoms with Crippen LogP contribution in [0.15, 0.2) is 66.7 Å². The van der Waals surface area contributed by atoms with E-state index in [-0.39, 0.29) is 19.4 Å². The van der Waals surface area contributed by atoms with Gasteiger partial charge in [0.2, 0.25) is 0 Å². The summed E-state index contributed by atoms with van der Waals surface area (Å²) in [7, 11) is 0. The minimum absolute atomic E-state index is 0.0699. The monoisotopic (exact) mass is 580 g/mol. The van der Waals surface area contributed by atoms with Gasteiger partial charge in [0, 0.05) is 18.9 Å². The summed E-state index contributed by atoms with van der Waals surface area (Å²) in [4.78, 5) is 25.6. The molecule has 2 aromatic rings. The fourth-order valence-corrected chi connectivity index (χ4v) is 7.64. The third kappa shape index (κ3) is 4.87.